The van der Waals surface area contributed by atoms with Crippen molar-refractivity contribution >= 4 is 5.97 Å². The molecule has 150 valence electrons. The highest BCUT2D eigenvalue weighted by atomic mass is 16.5. The average molecular weight is 385 g/mol. The van der Waals surface area contributed by atoms with E-state index in [0.717, 1.165) is 43.9 Å². The molecule has 2 aliphatic rings. The summed E-state index contributed by atoms with van der Waals surface area (Å²) in [5, 5.41) is 10.6. The Kier molecular flexibility index (Phi) is 5.37. The normalized spacial score (nSPS) is 27.4. The number of carbonyl (C=O) groups excluding carboxylic acids is 1. The van der Waals surface area contributed by atoms with E-state index in [2.05, 4.69) is 14.9 Å². The summed E-state index contributed by atoms with van der Waals surface area (Å²) in [6.45, 7) is 4.86. The molecule has 1 aromatic carbocycles. The topological polar surface area (TPSA) is 87.7 Å². The van der Waals surface area contributed by atoms with Gasteiger partial charge in [0.15, 0.2) is 0 Å². The molecule has 28 heavy (non-hydrogen) atoms. The van der Waals surface area contributed by atoms with Gasteiger partial charge >= 0.3 is 5.97 Å². The molecule has 1 aliphatic heterocycles. The third kappa shape index (κ3) is 3.91. The lowest BCUT2D eigenvalue weighted by Gasteiger charge is -2.35. The summed E-state index contributed by atoms with van der Waals surface area (Å²) in [6, 6.07) is 6.94. The molecule has 0 radical (unpaired) electrons. The minimum atomic E-state index is -0.505. The van der Waals surface area contributed by atoms with Gasteiger partial charge in [-0.1, -0.05) is 6.07 Å². The summed E-state index contributed by atoms with van der Waals surface area (Å²) in [5.74, 6) is 1.18. The number of carbonyl (C=O) groups is 1. The highest BCUT2D eigenvalue weighted by Gasteiger charge is 2.42. The largest absolute Gasteiger partial charge is 0.488 e. The van der Waals surface area contributed by atoms with Crippen molar-refractivity contribution in [1.29, 1.82) is 0 Å². The lowest BCUT2D eigenvalue weighted by Crippen LogP contribution is -2.42. The van der Waals surface area contributed by atoms with Crippen molar-refractivity contribution in [3.8, 4) is 5.75 Å². The van der Waals surface area contributed by atoms with Gasteiger partial charge in [0.1, 0.15) is 11.9 Å². The van der Waals surface area contributed by atoms with Crippen LogP contribution in [0, 0.1) is 18.8 Å². The second-order valence-corrected chi connectivity index (χ2v) is 7.90. The number of esters is 1. The number of hydrogen-bond donors (Lipinski definition) is 2. The molecule has 4 rings (SSSR count). The predicted octanol–water partition coefficient (Wildman–Crippen LogP) is 2.16. The van der Waals surface area contributed by atoms with Gasteiger partial charge in [0.05, 0.1) is 30.8 Å². The molecule has 0 spiro atoms. The fourth-order valence-electron chi connectivity index (χ4n) is 4.49. The smallest absolute Gasteiger partial charge is 0.337 e. The zero-order valence-corrected chi connectivity index (χ0v) is 16.3. The number of ether oxygens (including phenoxy) is 2. The lowest BCUT2D eigenvalue weighted by atomic mass is 9.78. The first kappa shape index (κ1) is 19.0. The fourth-order valence-corrected chi connectivity index (χ4v) is 4.49. The van der Waals surface area contributed by atoms with Crippen LogP contribution in [-0.4, -0.2) is 58.4 Å². The number of aryl methyl sites for hydroxylation is 1. The number of imidazole rings is 1. The van der Waals surface area contributed by atoms with Crippen LogP contribution in [0.2, 0.25) is 0 Å². The number of aliphatic hydroxyl groups excluding tert-OH is 1. The molecular weight excluding hydrogens is 358 g/mol. The summed E-state index contributed by atoms with van der Waals surface area (Å²) in [6.07, 6.45) is 2.52. The predicted molar refractivity (Wildman–Crippen MR) is 103 cm³/mol. The summed E-state index contributed by atoms with van der Waals surface area (Å²) in [5.41, 5.74) is 2.65. The number of methoxy groups -OCH3 is 1. The van der Waals surface area contributed by atoms with Gasteiger partial charge in [-0.15, -0.1) is 0 Å². The number of fused-ring (bicyclic) bond motifs is 1. The number of likely N-dealkylation sites (tertiary alicyclic amines) is 1. The van der Waals surface area contributed by atoms with Crippen LogP contribution in [0.3, 0.4) is 0 Å². The van der Waals surface area contributed by atoms with Gasteiger partial charge in [-0.25, -0.2) is 9.78 Å². The van der Waals surface area contributed by atoms with E-state index in [-0.39, 0.29) is 6.10 Å². The van der Waals surface area contributed by atoms with Gasteiger partial charge < -0.3 is 19.6 Å². The van der Waals surface area contributed by atoms with Crippen molar-refractivity contribution in [3.63, 3.8) is 0 Å². The first-order valence-electron chi connectivity index (χ1n) is 9.77. The number of H-pyrrole nitrogens is 1. The Morgan fingerprint density at radius 2 is 2.11 bits per heavy atom. The molecular formula is C21H27N3O4. The number of hydrogen-bond acceptors (Lipinski definition) is 6. The molecule has 7 nitrogen and oxygen atoms in total. The van der Waals surface area contributed by atoms with Gasteiger partial charge in [-0.2, -0.15) is 0 Å². The SMILES string of the molecule is COC(=O)c1cccc(O[C@@H]2C[C@@H]3CN(Cc4nc[nH]c4C)C[C@@H]3C[C@H]2O)c1. The van der Waals surface area contributed by atoms with Crippen LogP contribution in [-0.2, 0) is 11.3 Å². The number of aromatic nitrogens is 2. The molecule has 1 saturated carbocycles. The van der Waals surface area contributed by atoms with Gasteiger partial charge in [-0.05, 0) is 49.8 Å². The van der Waals surface area contributed by atoms with E-state index >= 15 is 0 Å². The maximum Gasteiger partial charge on any atom is 0.337 e. The Morgan fingerprint density at radius 3 is 2.82 bits per heavy atom. The third-order valence-electron chi connectivity index (χ3n) is 6.01. The van der Waals surface area contributed by atoms with Gasteiger partial charge in [0.25, 0.3) is 0 Å². The number of nitrogens with one attached hydrogen (secondary N) is 1. The van der Waals surface area contributed by atoms with E-state index in [0.29, 0.717) is 23.1 Å². The molecule has 0 bridgehead atoms. The van der Waals surface area contributed by atoms with Crippen molar-refractivity contribution in [2.75, 3.05) is 20.2 Å². The Bertz CT molecular complexity index is 837. The molecule has 2 fully saturated rings. The van der Waals surface area contributed by atoms with E-state index in [9.17, 15) is 9.90 Å². The van der Waals surface area contributed by atoms with Gasteiger partial charge in [-0.3, -0.25) is 4.90 Å². The van der Waals surface area contributed by atoms with E-state index < -0.39 is 12.1 Å². The van der Waals surface area contributed by atoms with Crippen molar-refractivity contribution in [2.45, 2.75) is 38.5 Å². The number of benzene rings is 1. The first-order valence-corrected chi connectivity index (χ1v) is 9.77. The highest BCUT2D eigenvalue weighted by molar-refractivity contribution is 5.89. The zero-order chi connectivity index (χ0) is 19.7. The molecule has 0 amide bonds. The second-order valence-electron chi connectivity index (χ2n) is 7.90. The van der Waals surface area contributed by atoms with Crippen LogP contribution in [0.5, 0.6) is 5.75 Å². The number of aliphatic hydroxyl groups is 1. The Hall–Kier alpha value is -2.38. The van der Waals surface area contributed by atoms with Crippen LogP contribution >= 0.6 is 0 Å². The molecule has 2 aromatic rings. The fraction of sp³-hybridized carbons (Fsp3) is 0.524. The van der Waals surface area contributed by atoms with Crippen molar-refractivity contribution in [1.82, 2.24) is 14.9 Å². The quantitative estimate of drug-likeness (QED) is 0.767. The summed E-state index contributed by atoms with van der Waals surface area (Å²) >= 11 is 0. The van der Waals surface area contributed by atoms with E-state index in [4.69, 9.17) is 9.47 Å². The van der Waals surface area contributed by atoms with Crippen LogP contribution in [0.1, 0.15) is 34.6 Å². The maximum absolute atomic E-state index is 11.7. The van der Waals surface area contributed by atoms with Crippen molar-refractivity contribution in [3.05, 3.63) is 47.5 Å². The highest BCUT2D eigenvalue weighted by Crippen LogP contribution is 2.38. The molecule has 1 saturated heterocycles. The second kappa shape index (κ2) is 7.93. The van der Waals surface area contributed by atoms with E-state index in [1.54, 1.807) is 24.5 Å². The first-order chi connectivity index (χ1) is 13.5. The molecule has 2 heterocycles. The van der Waals surface area contributed by atoms with Crippen LogP contribution in [0.15, 0.2) is 30.6 Å². The average Bonchev–Trinajstić information content (AvgIpc) is 3.27. The lowest BCUT2D eigenvalue weighted by molar-refractivity contribution is -0.0231. The summed E-state index contributed by atoms with van der Waals surface area (Å²) in [4.78, 5) is 21.7. The monoisotopic (exact) mass is 385 g/mol. The summed E-state index contributed by atoms with van der Waals surface area (Å²) in [7, 11) is 1.36. The Morgan fingerprint density at radius 1 is 1.32 bits per heavy atom. The Labute approximate surface area is 164 Å². The van der Waals surface area contributed by atoms with Crippen LogP contribution in [0.25, 0.3) is 0 Å². The molecule has 1 aromatic heterocycles. The van der Waals surface area contributed by atoms with Gasteiger partial charge in [0, 0.05) is 25.3 Å². The zero-order valence-electron chi connectivity index (χ0n) is 16.3. The standard InChI is InChI=1S/C21H27N3O4/c1-13-18(23-12-22-13)11-24-9-15-7-19(25)20(8-16(15)10-24)28-17-5-3-4-14(6-17)21(26)27-2/h3-6,12,15-16,19-20,25H,7-11H2,1-2H3,(H,22,23)/t15-,16+,19+,20+/m0/s1. The minimum Gasteiger partial charge on any atom is -0.488 e. The molecule has 4 atom stereocenters. The van der Waals surface area contributed by atoms with E-state index in [1.807, 2.05) is 13.0 Å². The molecule has 0 unspecified atom stereocenters. The molecule has 2 N–H and O–H groups in total. The number of nitrogens with zero attached hydrogens (tertiary/aromatic N) is 2. The Balaban J connectivity index is 1.39. The third-order valence-corrected chi connectivity index (χ3v) is 6.01. The number of aromatic amines is 1. The molecule has 1 aliphatic carbocycles. The molecule has 7 heteroatoms. The van der Waals surface area contributed by atoms with Gasteiger partial charge in [0.2, 0.25) is 0 Å². The summed E-state index contributed by atoms with van der Waals surface area (Å²) < 4.78 is 10.8. The minimum absolute atomic E-state index is 0.263. The maximum atomic E-state index is 11.7. The van der Waals surface area contributed by atoms with Crippen molar-refractivity contribution < 1.29 is 19.4 Å². The number of rotatable bonds is 5. The van der Waals surface area contributed by atoms with Crippen LogP contribution in [0.4, 0.5) is 0 Å². The van der Waals surface area contributed by atoms with E-state index in [1.165, 1.54) is 7.11 Å². The van der Waals surface area contributed by atoms with Crippen LogP contribution < -0.4 is 4.74 Å². The van der Waals surface area contributed by atoms with Crippen molar-refractivity contribution in [2.24, 2.45) is 11.8 Å².